The number of benzene rings is 2. The van der Waals surface area contributed by atoms with Crippen LogP contribution in [-0.2, 0) is 10.0 Å². The van der Waals surface area contributed by atoms with Gasteiger partial charge in [0.05, 0.1) is 17.2 Å². The van der Waals surface area contributed by atoms with E-state index in [1.165, 1.54) is 4.31 Å². The van der Waals surface area contributed by atoms with Crippen molar-refractivity contribution in [2.24, 2.45) is 0 Å². The lowest BCUT2D eigenvalue weighted by Gasteiger charge is -2.25. The van der Waals surface area contributed by atoms with Gasteiger partial charge in [-0.15, -0.1) is 0 Å². The van der Waals surface area contributed by atoms with Crippen LogP contribution in [0.2, 0.25) is 0 Å². The number of hydrogen-bond acceptors (Lipinski definition) is 3. The van der Waals surface area contributed by atoms with E-state index in [0.29, 0.717) is 24.6 Å². The van der Waals surface area contributed by atoms with Crippen LogP contribution in [0.3, 0.4) is 0 Å². The summed E-state index contributed by atoms with van der Waals surface area (Å²) in [6.45, 7) is 4.50. The minimum Gasteiger partial charge on any atom is -0.492 e. The molecule has 0 heterocycles. The predicted molar refractivity (Wildman–Crippen MR) is 84.3 cm³/mol. The van der Waals surface area contributed by atoms with Gasteiger partial charge in [0.2, 0.25) is 0 Å². The van der Waals surface area contributed by atoms with Crippen molar-refractivity contribution in [2.75, 3.05) is 17.5 Å². The Morgan fingerprint density at radius 2 is 1.57 bits per heavy atom. The first kappa shape index (κ1) is 15.4. The second kappa shape index (κ2) is 6.63. The molecule has 0 atom stereocenters. The Kier molecular flexibility index (Phi) is 4.85. The van der Waals surface area contributed by atoms with Crippen LogP contribution in [0.4, 0.5) is 5.69 Å². The summed E-state index contributed by atoms with van der Waals surface area (Å²) in [6, 6.07) is 15.6. The molecule has 2 aromatic rings. The molecule has 0 unspecified atom stereocenters. The van der Waals surface area contributed by atoms with Gasteiger partial charge in [-0.05, 0) is 38.1 Å². The van der Waals surface area contributed by atoms with Crippen molar-refractivity contribution in [3.63, 3.8) is 0 Å². The molecule has 5 heteroatoms. The van der Waals surface area contributed by atoms with Crippen molar-refractivity contribution in [1.82, 2.24) is 0 Å². The number of ether oxygens (including phenoxy) is 1. The van der Waals surface area contributed by atoms with Gasteiger partial charge in [-0.3, -0.25) is 4.31 Å². The van der Waals surface area contributed by atoms with Crippen LogP contribution in [-0.4, -0.2) is 21.6 Å². The third-order valence-corrected chi connectivity index (χ3v) is 4.96. The molecule has 21 heavy (non-hydrogen) atoms. The fourth-order valence-corrected chi connectivity index (χ4v) is 3.64. The summed E-state index contributed by atoms with van der Waals surface area (Å²) in [4.78, 5) is 0.276. The summed E-state index contributed by atoms with van der Waals surface area (Å²) in [5, 5.41) is 0. The highest BCUT2D eigenvalue weighted by atomic mass is 32.2. The maximum atomic E-state index is 12.8. The van der Waals surface area contributed by atoms with Gasteiger partial charge in [0.25, 0.3) is 10.0 Å². The molecule has 2 rings (SSSR count). The topological polar surface area (TPSA) is 46.6 Å². The highest BCUT2D eigenvalue weighted by molar-refractivity contribution is 7.92. The highest BCUT2D eigenvalue weighted by Crippen LogP contribution is 2.32. The predicted octanol–water partition coefficient (Wildman–Crippen LogP) is 3.30. The van der Waals surface area contributed by atoms with E-state index < -0.39 is 10.0 Å². The van der Waals surface area contributed by atoms with E-state index in [0.717, 1.165) is 0 Å². The zero-order chi connectivity index (χ0) is 15.3. The molecule has 0 fully saturated rings. The highest BCUT2D eigenvalue weighted by Gasteiger charge is 2.25. The number of sulfonamides is 1. The Bertz CT molecular complexity index is 684. The Hall–Kier alpha value is -2.01. The molecule has 0 N–H and O–H groups in total. The molecule has 0 saturated carbocycles. The number of para-hydroxylation sites is 2. The summed E-state index contributed by atoms with van der Waals surface area (Å²) < 4.78 is 32.5. The van der Waals surface area contributed by atoms with Crippen LogP contribution in [0.1, 0.15) is 13.8 Å². The molecule has 0 bridgehead atoms. The van der Waals surface area contributed by atoms with Crippen molar-refractivity contribution in [3.8, 4) is 5.75 Å². The Morgan fingerprint density at radius 3 is 2.19 bits per heavy atom. The Balaban J connectivity index is 2.50. The average Bonchev–Trinajstić information content (AvgIpc) is 2.51. The fourth-order valence-electron chi connectivity index (χ4n) is 2.13. The molecule has 2 aromatic carbocycles. The third-order valence-electron chi connectivity index (χ3n) is 3.05. The molecule has 0 aliphatic heterocycles. The molecule has 0 aliphatic carbocycles. The van der Waals surface area contributed by atoms with Gasteiger partial charge in [0.1, 0.15) is 5.75 Å². The van der Waals surface area contributed by atoms with Gasteiger partial charge < -0.3 is 4.74 Å². The molecule has 0 radical (unpaired) electrons. The Morgan fingerprint density at radius 1 is 0.952 bits per heavy atom. The molecule has 4 nitrogen and oxygen atoms in total. The van der Waals surface area contributed by atoms with Gasteiger partial charge in [0.15, 0.2) is 0 Å². The van der Waals surface area contributed by atoms with Crippen LogP contribution in [0, 0.1) is 0 Å². The summed E-state index contributed by atoms with van der Waals surface area (Å²) in [5.41, 5.74) is 0.561. The average molecular weight is 305 g/mol. The zero-order valence-electron chi connectivity index (χ0n) is 12.2. The van der Waals surface area contributed by atoms with Gasteiger partial charge in [0, 0.05) is 6.54 Å². The summed E-state index contributed by atoms with van der Waals surface area (Å²) in [6.07, 6.45) is 0. The molecule has 0 aromatic heterocycles. The first-order valence-electron chi connectivity index (χ1n) is 6.90. The van der Waals surface area contributed by atoms with Crippen LogP contribution in [0.15, 0.2) is 59.5 Å². The van der Waals surface area contributed by atoms with E-state index in [9.17, 15) is 8.42 Å². The van der Waals surface area contributed by atoms with Gasteiger partial charge in [-0.25, -0.2) is 8.42 Å². The number of anilines is 1. The normalized spacial score (nSPS) is 11.1. The van der Waals surface area contributed by atoms with Gasteiger partial charge in [-0.1, -0.05) is 30.3 Å². The molecule has 0 saturated heterocycles. The second-order valence-corrected chi connectivity index (χ2v) is 6.25. The summed E-state index contributed by atoms with van der Waals surface area (Å²) >= 11 is 0. The smallest absolute Gasteiger partial charge is 0.264 e. The molecule has 0 spiro atoms. The van der Waals surface area contributed by atoms with Crippen LogP contribution in [0.5, 0.6) is 5.75 Å². The lowest BCUT2D eigenvalue weighted by Crippen LogP contribution is -2.31. The largest absolute Gasteiger partial charge is 0.492 e. The van der Waals surface area contributed by atoms with E-state index in [2.05, 4.69) is 0 Å². The lowest BCUT2D eigenvalue weighted by atomic mass is 10.3. The molecule has 0 aliphatic rings. The van der Waals surface area contributed by atoms with Crippen molar-refractivity contribution in [1.29, 1.82) is 0 Å². The zero-order valence-corrected chi connectivity index (χ0v) is 13.0. The number of nitrogens with zero attached hydrogens (tertiary/aromatic N) is 1. The summed E-state index contributed by atoms with van der Waals surface area (Å²) in [5.74, 6) is 0.571. The fraction of sp³-hybridized carbons (Fsp3) is 0.250. The molecule has 112 valence electrons. The third kappa shape index (κ3) is 3.19. The van der Waals surface area contributed by atoms with E-state index in [1.54, 1.807) is 48.5 Å². The molecular formula is C16H19NO3S. The van der Waals surface area contributed by atoms with E-state index in [1.807, 2.05) is 19.9 Å². The standard InChI is InChI=1S/C16H19NO3S/c1-3-17(15-12-8-9-13-16(15)20-4-2)21(18,19)14-10-6-5-7-11-14/h5-13H,3-4H2,1-2H3. The van der Waals surface area contributed by atoms with Crippen molar-refractivity contribution in [2.45, 2.75) is 18.7 Å². The molecular weight excluding hydrogens is 286 g/mol. The second-order valence-electron chi connectivity index (χ2n) is 4.38. The first-order valence-corrected chi connectivity index (χ1v) is 8.34. The minimum absolute atomic E-state index is 0.276. The van der Waals surface area contributed by atoms with Crippen LogP contribution in [0.25, 0.3) is 0 Å². The van der Waals surface area contributed by atoms with E-state index >= 15 is 0 Å². The lowest BCUT2D eigenvalue weighted by molar-refractivity contribution is 0.341. The van der Waals surface area contributed by atoms with Crippen molar-refractivity contribution in [3.05, 3.63) is 54.6 Å². The monoisotopic (exact) mass is 305 g/mol. The van der Waals surface area contributed by atoms with Crippen molar-refractivity contribution < 1.29 is 13.2 Å². The van der Waals surface area contributed by atoms with Crippen molar-refractivity contribution >= 4 is 15.7 Å². The molecule has 0 amide bonds. The van der Waals surface area contributed by atoms with E-state index in [4.69, 9.17) is 4.74 Å². The maximum Gasteiger partial charge on any atom is 0.264 e. The van der Waals surface area contributed by atoms with Gasteiger partial charge in [-0.2, -0.15) is 0 Å². The number of rotatable bonds is 6. The van der Waals surface area contributed by atoms with Gasteiger partial charge >= 0.3 is 0 Å². The van der Waals surface area contributed by atoms with E-state index in [-0.39, 0.29) is 4.90 Å². The first-order chi connectivity index (χ1) is 10.1. The quantitative estimate of drug-likeness (QED) is 0.822. The Labute approximate surface area is 126 Å². The van der Waals surface area contributed by atoms with Crippen LogP contribution >= 0.6 is 0 Å². The SMILES string of the molecule is CCOc1ccccc1N(CC)S(=O)(=O)c1ccccc1. The maximum absolute atomic E-state index is 12.8. The number of hydrogen-bond donors (Lipinski definition) is 0. The van der Waals surface area contributed by atoms with Crippen LogP contribution < -0.4 is 9.04 Å². The summed E-state index contributed by atoms with van der Waals surface area (Å²) in [7, 11) is -3.59. The minimum atomic E-state index is -3.59.